The number of piperidine rings is 1. The van der Waals surface area contributed by atoms with Crippen molar-refractivity contribution in [2.45, 2.75) is 18.9 Å². The molecule has 0 aliphatic carbocycles. The van der Waals surface area contributed by atoms with E-state index in [1.807, 2.05) is 24.7 Å². The minimum Gasteiger partial charge on any atom is -0.381 e. The molecule has 0 bridgehead atoms. The van der Waals surface area contributed by atoms with Crippen molar-refractivity contribution in [3.63, 3.8) is 0 Å². The Bertz CT molecular complexity index is 1280. The van der Waals surface area contributed by atoms with Gasteiger partial charge in [0.2, 0.25) is 0 Å². The summed E-state index contributed by atoms with van der Waals surface area (Å²) in [6.45, 7) is 6.16. The summed E-state index contributed by atoms with van der Waals surface area (Å²) in [5, 5.41) is 12.4. The molecule has 3 heterocycles. The van der Waals surface area contributed by atoms with E-state index in [1.165, 1.54) is 12.1 Å². The van der Waals surface area contributed by atoms with Crippen molar-refractivity contribution in [2.24, 2.45) is 0 Å². The lowest BCUT2D eigenvalue weighted by atomic mass is 10.0. The van der Waals surface area contributed by atoms with Crippen molar-refractivity contribution in [1.82, 2.24) is 15.3 Å². The van der Waals surface area contributed by atoms with Crippen LogP contribution in [0.25, 0.3) is 27.6 Å². The van der Waals surface area contributed by atoms with Crippen LogP contribution in [0.2, 0.25) is 0 Å². The van der Waals surface area contributed by atoms with Crippen LogP contribution in [0, 0.1) is 5.82 Å². The van der Waals surface area contributed by atoms with Crippen LogP contribution in [-0.2, 0) is 0 Å². The molecule has 4 aromatic rings. The van der Waals surface area contributed by atoms with Gasteiger partial charge in [-0.25, -0.2) is 9.37 Å². The van der Waals surface area contributed by atoms with Crippen LogP contribution in [0.5, 0.6) is 0 Å². The van der Waals surface area contributed by atoms with Gasteiger partial charge in [0, 0.05) is 41.3 Å². The van der Waals surface area contributed by atoms with E-state index in [0.717, 1.165) is 59.1 Å². The smallest absolute Gasteiger partial charge is 0.130 e. The Kier molecular flexibility index (Phi) is 6.00. The van der Waals surface area contributed by atoms with Crippen LogP contribution in [0.15, 0.2) is 79.8 Å². The molecule has 5 rings (SSSR count). The standard InChI is InChI=1S/C27H26FN5/c1-18(19-4-6-24(28)7-5-19)32-27-14-22-12-20(2-3-21(22)16-31-27)23-13-26(17-30-15-23)33-25-8-10-29-11-9-25/h2-7,12-17,25,29,33H,1,8-11H2,(H,31,32). The molecule has 1 aliphatic rings. The molecule has 1 fully saturated rings. The predicted molar refractivity (Wildman–Crippen MR) is 134 cm³/mol. The van der Waals surface area contributed by atoms with Gasteiger partial charge in [0.1, 0.15) is 11.6 Å². The number of anilines is 2. The van der Waals surface area contributed by atoms with Gasteiger partial charge in [-0.15, -0.1) is 0 Å². The average Bonchev–Trinajstić information content (AvgIpc) is 2.85. The molecule has 1 aliphatic heterocycles. The van der Waals surface area contributed by atoms with Gasteiger partial charge < -0.3 is 16.0 Å². The minimum absolute atomic E-state index is 0.271. The van der Waals surface area contributed by atoms with E-state index in [-0.39, 0.29) is 5.82 Å². The normalized spacial score (nSPS) is 14.2. The number of hydrogen-bond donors (Lipinski definition) is 3. The van der Waals surface area contributed by atoms with Crippen molar-refractivity contribution in [3.05, 3.63) is 91.1 Å². The van der Waals surface area contributed by atoms with Crippen molar-refractivity contribution < 1.29 is 4.39 Å². The summed E-state index contributed by atoms with van der Waals surface area (Å²) in [7, 11) is 0. The van der Waals surface area contributed by atoms with Crippen LogP contribution in [0.4, 0.5) is 15.9 Å². The molecule has 6 heteroatoms. The Balaban J connectivity index is 1.37. The molecule has 0 radical (unpaired) electrons. The third-order valence-electron chi connectivity index (χ3n) is 5.97. The van der Waals surface area contributed by atoms with Crippen LogP contribution in [0.3, 0.4) is 0 Å². The van der Waals surface area contributed by atoms with Gasteiger partial charge in [0.05, 0.1) is 5.69 Å². The second-order valence-corrected chi connectivity index (χ2v) is 8.37. The maximum atomic E-state index is 13.2. The summed E-state index contributed by atoms with van der Waals surface area (Å²) in [5.74, 6) is 0.417. The van der Waals surface area contributed by atoms with Crippen LogP contribution in [-0.4, -0.2) is 29.1 Å². The summed E-state index contributed by atoms with van der Waals surface area (Å²) < 4.78 is 13.2. The zero-order valence-electron chi connectivity index (χ0n) is 18.3. The van der Waals surface area contributed by atoms with Gasteiger partial charge in [-0.3, -0.25) is 4.98 Å². The second-order valence-electron chi connectivity index (χ2n) is 8.37. The topological polar surface area (TPSA) is 61.9 Å². The molecule has 1 saturated heterocycles. The first-order valence-corrected chi connectivity index (χ1v) is 11.2. The van der Waals surface area contributed by atoms with E-state index < -0.39 is 0 Å². The molecular weight excluding hydrogens is 413 g/mol. The highest BCUT2D eigenvalue weighted by atomic mass is 19.1. The van der Waals surface area contributed by atoms with Gasteiger partial charge >= 0.3 is 0 Å². The van der Waals surface area contributed by atoms with Crippen molar-refractivity contribution in [3.8, 4) is 11.1 Å². The Morgan fingerprint density at radius 3 is 2.55 bits per heavy atom. The quantitative estimate of drug-likeness (QED) is 0.361. The van der Waals surface area contributed by atoms with Crippen molar-refractivity contribution >= 4 is 28.0 Å². The van der Waals surface area contributed by atoms with E-state index in [0.29, 0.717) is 17.6 Å². The number of halogens is 1. The lowest BCUT2D eigenvalue weighted by molar-refractivity contribution is 0.479. The third-order valence-corrected chi connectivity index (χ3v) is 5.97. The summed E-state index contributed by atoms with van der Waals surface area (Å²) in [5.41, 5.74) is 4.69. The van der Waals surface area contributed by atoms with Crippen molar-refractivity contribution in [1.29, 1.82) is 0 Å². The van der Waals surface area contributed by atoms with Crippen LogP contribution in [0.1, 0.15) is 18.4 Å². The summed E-state index contributed by atoms with van der Waals surface area (Å²) in [6, 6.07) is 17.2. The molecule has 5 nitrogen and oxygen atoms in total. The first kappa shape index (κ1) is 21.1. The van der Waals surface area contributed by atoms with Gasteiger partial charge in [-0.05, 0) is 72.8 Å². The third kappa shape index (κ3) is 5.02. The summed E-state index contributed by atoms with van der Waals surface area (Å²) in [6.07, 6.45) is 7.86. The zero-order chi connectivity index (χ0) is 22.6. The van der Waals surface area contributed by atoms with E-state index in [1.54, 1.807) is 12.1 Å². The van der Waals surface area contributed by atoms with Crippen molar-refractivity contribution in [2.75, 3.05) is 23.7 Å². The highest BCUT2D eigenvalue weighted by molar-refractivity contribution is 5.89. The molecule has 0 unspecified atom stereocenters. The molecule has 0 amide bonds. The molecule has 2 aromatic heterocycles. The number of rotatable bonds is 6. The van der Waals surface area contributed by atoms with Gasteiger partial charge in [0.25, 0.3) is 0 Å². The monoisotopic (exact) mass is 439 g/mol. The number of fused-ring (bicyclic) bond motifs is 1. The maximum Gasteiger partial charge on any atom is 0.130 e. The maximum absolute atomic E-state index is 13.2. The van der Waals surface area contributed by atoms with Gasteiger partial charge in [-0.1, -0.05) is 30.8 Å². The molecule has 166 valence electrons. The predicted octanol–water partition coefficient (Wildman–Crippen LogP) is 5.68. The largest absolute Gasteiger partial charge is 0.381 e. The average molecular weight is 440 g/mol. The Morgan fingerprint density at radius 2 is 1.73 bits per heavy atom. The van der Waals surface area contributed by atoms with E-state index in [2.05, 4.69) is 56.8 Å². The SMILES string of the molecule is C=C(Nc1cc2cc(-c3cncc(NC4CCNCC4)c3)ccc2cn1)c1ccc(F)cc1. The molecule has 0 saturated carbocycles. The fraction of sp³-hybridized carbons (Fsp3) is 0.185. The summed E-state index contributed by atoms with van der Waals surface area (Å²) in [4.78, 5) is 8.96. The number of benzene rings is 2. The fourth-order valence-electron chi connectivity index (χ4n) is 4.15. The number of hydrogen-bond acceptors (Lipinski definition) is 5. The lowest BCUT2D eigenvalue weighted by Crippen LogP contribution is -2.35. The second kappa shape index (κ2) is 9.38. The number of aromatic nitrogens is 2. The first-order chi connectivity index (χ1) is 16.1. The van der Waals surface area contributed by atoms with Gasteiger partial charge in [-0.2, -0.15) is 0 Å². The highest BCUT2D eigenvalue weighted by Gasteiger charge is 2.13. The first-order valence-electron chi connectivity index (χ1n) is 11.2. The Hall–Kier alpha value is -3.77. The van der Waals surface area contributed by atoms with E-state index in [9.17, 15) is 4.39 Å². The summed E-state index contributed by atoms with van der Waals surface area (Å²) >= 11 is 0. The van der Waals surface area contributed by atoms with E-state index in [4.69, 9.17) is 0 Å². The molecule has 33 heavy (non-hydrogen) atoms. The minimum atomic E-state index is -0.271. The van der Waals surface area contributed by atoms with Crippen LogP contribution >= 0.6 is 0 Å². The molecular formula is C27H26FN5. The zero-order valence-corrected chi connectivity index (χ0v) is 18.3. The fourth-order valence-corrected chi connectivity index (χ4v) is 4.15. The van der Waals surface area contributed by atoms with Gasteiger partial charge in [0.15, 0.2) is 0 Å². The molecule has 2 aromatic carbocycles. The number of nitrogens with one attached hydrogen (secondary N) is 3. The molecule has 0 spiro atoms. The number of nitrogens with zero attached hydrogens (tertiary/aromatic N) is 2. The number of pyridine rings is 2. The highest BCUT2D eigenvalue weighted by Crippen LogP contribution is 2.28. The Morgan fingerprint density at radius 1 is 0.909 bits per heavy atom. The van der Waals surface area contributed by atoms with Crippen LogP contribution < -0.4 is 16.0 Å². The van der Waals surface area contributed by atoms with E-state index >= 15 is 0 Å². The lowest BCUT2D eigenvalue weighted by Gasteiger charge is -2.24. The molecule has 3 N–H and O–H groups in total. The molecule has 0 atom stereocenters. The Labute approximate surface area is 192 Å².